The molecular formula is C41H69N13O14. The third-order valence-electron chi connectivity index (χ3n) is 10.9. The molecule has 16 N–H and O–H groups in total. The van der Waals surface area contributed by atoms with Crippen molar-refractivity contribution in [2.45, 2.75) is 133 Å². The zero-order chi connectivity index (χ0) is 51.1. The third kappa shape index (κ3) is 20.6. The van der Waals surface area contributed by atoms with Gasteiger partial charge in [0, 0.05) is 26.6 Å². The number of β-amino-alcohol motifs (C(OH)–C–C–N with tert-alkyl or cyclic N) is 1. The number of unbranched alkanes of at least 4 members (excludes halogenated alkanes) is 1. The van der Waals surface area contributed by atoms with E-state index in [9.17, 15) is 67.7 Å². The predicted molar refractivity (Wildman–Crippen MR) is 239 cm³/mol. The number of nitrogens with two attached hydrogens (primary N) is 2. The molecule has 0 bridgehead atoms. The Bertz CT molecular complexity index is 1830. The topological polar surface area (TPSA) is 421 Å². The molecule has 8 atom stereocenters. The average Bonchev–Trinajstić information content (AvgIpc) is 3.96. The molecule has 0 aromatic heterocycles. The fourth-order valence-corrected chi connectivity index (χ4v) is 7.17. The lowest BCUT2D eigenvalue weighted by atomic mass is 10.0. The Kier molecular flexibility index (Phi) is 24.9. The number of nitrogens with one attached hydrogen (secondary N) is 10. The van der Waals surface area contributed by atoms with E-state index in [1.54, 1.807) is 13.8 Å². The minimum Gasteiger partial charge on any atom is -0.480 e. The lowest BCUT2D eigenvalue weighted by molar-refractivity contribution is -0.144. The number of aliphatic hydroxyl groups excluding tert-OH is 1. The molecule has 2 heterocycles. The number of carbonyl (C=O) groups is 12. The number of amides is 11. The summed E-state index contributed by atoms with van der Waals surface area (Å²) >= 11 is 0. The molecule has 382 valence electrons. The van der Waals surface area contributed by atoms with Gasteiger partial charge in [-0.1, -0.05) is 13.8 Å². The minimum absolute atomic E-state index is 0.0740. The van der Waals surface area contributed by atoms with Gasteiger partial charge in [-0.15, -0.1) is 0 Å². The maximum Gasteiger partial charge on any atom is 0.326 e. The van der Waals surface area contributed by atoms with Gasteiger partial charge in [-0.25, -0.2) is 4.79 Å². The summed E-state index contributed by atoms with van der Waals surface area (Å²) in [5, 5.41) is 43.5. The monoisotopic (exact) mass is 968 g/mol. The molecule has 2 rings (SSSR count). The first-order valence-electron chi connectivity index (χ1n) is 22.5. The number of hydrogen-bond donors (Lipinski definition) is 14. The molecule has 27 heteroatoms. The molecule has 11 amide bonds. The molecule has 2 aliphatic heterocycles. The second-order valence-corrected chi connectivity index (χ2v) is 17.0. The molecule has 0 aliphatic carbocycles. The van der Waals surface area contributed by atoms with E-state index in [2.05, 4.69) is 53.2 Å². The summed E-state index contributed by atoms with van der Waals surface area (Å²) in [4.78, 5) is 154. The summed E-state index contributed by atoms with van der Waals surface area (Å²) in [7, 11) is 1.27. The highest BCUT2D eigenvalue weighted by molar-refractivity contribution is 5.98. The number of primary amides is 1. The molecule has 0 radical (unpaired) electrons. The second-order valence-electron chi connectivity index (χ2n) is 17.0. The summed E-state index contributed by atoms with van der Waals surface area (Å²) in [6.07, 6.45) is 0.0600. The van der Waals surface area contributed by atoms with Crippen molar-refractivity contribution in [1.82, 2.24) is 58.1 Å². The predicted octanol–water partition coefficient (Wildman–Crippen LogP) is -6.85. The van der Waals surface area contributed by atoms with E-state index in [-0.39, 0.29) is 57.5 Å². The van der Waals surface area contributed by atoms with E-state index in [1.165, 1.54) is 18.9 Å². The van der Waals surface area contributed by atoms with Crippen LogP contribution in [0.3, 0.4) is 0 Å². The van der Waals surface area contributed by atoms with Crippen molar-refractivity contribution in [1.29, 1.82) is 0 Å². The lowest BCUT2D eigenvalue weighted by Crippen LogP contribution is -2.57. The van der Waals surface area contributed by atoms with Crippen LogP contribution < -0.4 is 64.6 Å². The van der Waals surface area contributed by atoms with Gasteiger partial charge in [-0.3, -0.25) is 52.7 Å². The van der Waals surface area contributed by atoms with Crippen LogP contribution in [0.25, 0.3) is 0 Å². The van der Waals surface area contributed by atoms with Gasteiger partial charge in [0.05, 0.1) is 38.2 Å². The van der Waals surface area contributed by atoms with Crippen LogP contribution in [0.1, 0.15) is 85.0 Å². The highest BCUT2D eigenvalue weighted by Gasteiger charge is 2.37. The highest BCUT2D eigenvalue weighted by Crippen LogP contribution is 2.18. The molecule has 0 spiro atoms. The highest BCUT2D eigenvalue weighted by atomic mass is 16.4. The van der Waals surface area contributed by atoms with Crippen molar-refractivity contribution in [3.63, 3.8) is 0 Å². The minimum atomic E-state index is -1.63. The van der Waals surface area contributed by atoms with Crippen molar-refractivity contribution < 1.29 is 67.7 Å². The lowest BCUT2D eigenvalue weighted by Gasteiger charge is -2.26. The van der Waals surface area contributed by atoms with Gasteiger partial charge in [0.2, 0.25) is 65.0 Å². The summed E-state index contributed by atoms with van der Waals surface area (Å²) in [6.45, 7) is 3.70. The number of hydrogen-bond acceptors (Lipinski definition) is 15. The van der Waals surface area contributed by atoms with Crippen LogP contribution in [0, 0.1) is 5.92 Å². The number of aliphatic carboxylic acids is 1. The molecule has 2 fully saturated rings. The number of likely N-dealkylation sites (tertiary alicyclic amines) is 1. The summed E-state index contributed by atoms with van der Waals surface area (Å²) < 4.78 is 0. The third-order valence-corrected chi connectivity index (χ3v) is 10.9. The van der Waals surface area contributed by atoms with Crippen LogP contribution in [-0.4, -0.2) is 181 Å². The maximum atomic E-state index is 13.4. The van der Waals surface area contributed by atoms with Gasteiger partial charge in [-0.2, -0.15) is 0 Å². The fourth-order valence-electron chi connectivity index (χ4n) is 7.17. The normalized spacial score (nSPS) is 18.6. The molecule has 27 nitrogen and oxygen atoms in total. The van der Waals surface area contributed by atoms with Gasteiger partial charge < -0.3 is 79.7 Å². The SMILES string of the molecule is CNC(=O)C[C@H](NC(=O)[C@H](CCC(N)=O)NC(=O)CNC(=O)[C@@H]1C[C@@H](O)CN1)C(=O)NCC(=O)N[C@@H](CC(C)C)C(=O)N[C@@H](C)C(=O)NCC(=O)N1CCC[C@H]1C(=O)N[C@@H](CCCCN)C(=O)O. The Morgan fingerprint density at radius 3 is 1.93 bits per heavy atom. The van der Waals surface area contributed by atoms with Gasteiger partial charge in [0.25, 0.3) is 0 Å². The number of carbonyl (C=O) groups excluding carboxylic acids is 11. The molecule has 0 aromatic carbocycles. The largest absolute Gasteiger partial charge is 0.480 e. The Morgan fingerprint density at radius 2 is 1.34 bits per heavy atom. The Hall–Kier alpha value is -6.48. The number of carboxylic acid groups (broad SMARTS) is 1. The van der Waals surface area contributed by atoms with E-state index in [4.69, 9.17) is 11.5 Å². The average molecular weight is 968 g/mol. The maximum absolute atomic E-state index is 13.4. The Balaban J connectivity index is 2.00. The smallest absolute Gasteiger partial charge is 0.326 e. The van der Waals surface area contributed by atoms with Gasteiger partial charge in [-0.05, 0) is 70.8 Å². The van der Waals surface area contributed by atoms with E-state index >= 15 is 0 Å². The van der Waals surface area contributed by atoms with Gasteiger partial charge in [0.15, 0.2) is 0 Å². The van der Waals surface area contributed by atoms with E-state index in [1.807, 2.05) is 0 Å². The van der Waals surface area contributed by atoms with E-state index < -0.39 is 145 Å². The van der Waals surface area contributed by atoms with Crippen molar-refractivity contribution in [2.75, 3.05) is 46.3 Å². The summed E-state index contributed by atoms with van der Waals surface area (Å²) in [5.74, 6) is -10.1. The Labute approximate surface area is 393 Å². The van der Waals surface area contributed by atoms with Crippen molar-refractivity contribution in [3.05, 3.63) is 0 Å². The number of nitrogens with zero attached hydrogens (tertiary/aromatic N) is 1. The van der Waals surface area contributed by atoms with Crippen LogP contribution in [-0.2, 0) is 57.5 Å². The van der Waals surface area contributed by atoms with Crippen LogP contribution >= 0.6 is 0 Å². The molecule has 0 saturated carbocycles. The molecule has 0 unspecified atom stereocenters. The molecule has 0 aromatic rings. The zero-order valence-corrected chi connectivity index (χ0v) is 38.9. The van der Waals surface area contributed by atoms with Crippen LogP contribution in [0.15, 0.2) is 0 Å². The van der Waals surface area contributed by atoms with Gasteiger partial charge in [0.1, 0.15) is 36.3 Å². The number of carboxylic acids is 1. The quantitative estimate of drug-likeness (QED) is 0.0310. The van der Waals surface area contributed by atoms with Crippen molar-refractivity contribution >= 4 is 70.9 Å². The molecular weight excluding hydrogens is 899 g/mol. The van der Waals surface area contributed by atoms with Crippen molar-refractivity contribution in [3.8, 4) is 0 Å². The van der Waals surface area contributed by atoms with Crippen LogP contribution in [0.4, 0.5) is 0 Å². The van der Waals surface area contributed by atoms with Crippen LogP contribution in [0.5, 0.6) is 0 Å². The Morgan fingerprint density at radius 1 is 0.706 bits per heavy atom. The standard InChI is InChI=1S/C41H69N13O14/c1-21(2)14-27(39(65)49-22(3)35(61)48-20-34(60)54-13-7-9-29(54)40(66)52-25(41(67)68)8-5-6-12-42)51-33(59)19-47-37(63)28(16-31(57)44-4)53-38(64)24(10-11-30(43)56)50-32(58)18-46-36(62)26-15-23(55)17-45-26/h21-29,45,55H,5-20,42H2,1-4H3,(H2,43,56)(H,44,57)(H,46,62)(H,47,63)(H,48,61)(H,49,65)(H,50,58)(H,51,59)(H,52,66)(H,53,64)(H,67,68)/t22-,23+,24-,25-,26-,27-,28-,29-/m0/s1. The van der Waals surface area contributed by atoms with E-state index in [0.717, 1.165) is 0 Å². The first kappa shape index (κ1) is 57.6. The van der Waals surface area contributed by atoms with Crippen molar-refractivity contribution in [2.24, 2.45) is 17.4 Å². The second kappa shape index (κ2) is 29.3. The summed E-state index contributed by atoms with van der Waals surface area (Å²) in [6, 6.07) is -8.42. The van der Waals surface area contributed by atoms with E-state index in [0.29, 0.717) is 25.8 Å². The molecule has 2 saturated heterocycles. The number of rotatable bonds is 29. The van der Waals surface area contributed by atoms with Gasteiger partial charge >= 0.3 is 5.97 Å². The molecule has 68 heavy (non-hydrogen) atoms. The summed E-state index contributed by atoms with van der Waals surface area (Å²) in [5.41, 5.74) is 10.7. The van der Waals surface area contributed by atoms with Crippen LogP contribution in [0.2, 0.25) is 0 Å². The first-order valence-corrected chi connectivity index (χ1v) is 22.5. The number of aliphatic hydroxyl groups is 1. The fraction of sp³-hybridized carbons (Fsp3) is 0.707. The first-order chi connectivity index (χ1) is 32.1. The molecule has 2 aliphatic rings. The zero-order valence-electron chi connectivity index (χ0n) is 38.9.